The fourth-order valence-electron chi connectivity index (χ4n) is 5.16. The smallest absolute Gasteiger partial charge is 0.185 e. The highest BCUT2D eigenvalue weighted by atomic mass is 32.2. The number of nitrogens with zero attached hydrogens (tertiary/aromatic N) is 2. The topological polar surface area (TPSA) is 132 Å². The van der Waals surface area contributed by atoms with Gasteiger partial charge in [0.15, 0.2) is 15.6 Å². The van der Waals surface area contributed by atoms with Gasteiger partial charge < -0.3 is 15.6 Å². The summed E-state index contributed by atoms with van der Waals surface area (Å²) in [5, 5.41) is 10.9. The predicted molar refractivity (Wildman–Crippen MR) is 138 cm³/mol. The Bertz CT molecular complexity index is 1570. The van der Waals surface area contributed by atoms with Crippen LogP contribution in [0.15, 0.2) is 47.6 Å². The summed E-state index contributed by atoms with van der Waals surface area (Å²) in [6, 6.07) is 4.27. The van der Waals surface area contributed by atoms with E-state index < -0.39 is 73.1 Å². The highest BCUT2D eigenvalue weighted by Crippen LogP contribution is 2.47. The number of nitrogens with two attached hydrogens (primary N) is 1. The number of sulfone groups is 1. The molecule has 3 aromatic rings. The molecule has 1 aliphatic carbocycles. The Labute approximate surface area is 229 Å². The lowest BCUT2D eigenvalue weighted by Gasteiger charge is -2.45. The minimum Gasteiger partial charge on any atom is -0.386 e. The van der Waals surface area contributed by atoms with Crippen molar-refractivity contribution in [2.24, 2.45) is 11.7 Å². The molecular weight excluding hydrogens is 547 g/mol. The van der Waals surface area contributed by atoms with Crippen molar-refractivity contribution in [3.8, 4) is 11.3 Å². The summed E-state index contributed by atoms with van der Waals surface area (Å²) in [5.41, 5.74) is 4.40. The van der Waals surface area contributed by atoms with E-state index in [1.807, 2.05) is 0 Å². The number of pyridine rings is 2. The normalized spacial score (nSPS) is 25.1. The Kier molecular flexibility index (Phi) is 7.32. The molecule has 4 atom stereocenters. The van der Waals surface area contributed by atoms with Gasteiger partial charge in [0.25, 0.3) is 0 Å². The number of hydrogen-bond donors (Lipinski definition) is 2. The number of rotatable bonds is 7. The van der Waals surface area contributed by atoms with Gasteiger partial charge in [-0.1, -0.05) is 0 Å². The third kappa shape index (κ3) is 5.40. The third-order valence-electron chi connectivity index (χ3n) is 7.61. The molecule has 2 fully saturated rings. The van der Waals surface area contributed by atoms with Gasteiger partial charge in [-0.15, -0.1) is 0 Å². The maximum atomic E-state index is 14.8. The summed E-state index contributed by atoms with van der Waals surface area (Å²) >= 11 is 0. The SMILES string of the molecule is C[C@]1(O)[C@H](N)C[C@H](c2ccncc2CC(=O)c2ccc(F)c(-c3c(F)cc(S(C)(=O)=O)cc3F)n2)O[C@@H]1C1CC1. The average molecular weight is 576 g/mol. The highest BCUT2D eigenvalue weighted by molar-refractivity contribution is 7.90. The van der Waals surface area contributed by atoms with Gasteiger partial charge in [-0.05, 0) is 73.6 Å². The predicted octanol–water partition coefficient (Wildman–Crippen LogP) is 3.71. The first-order valence-corrected chi connectivity index (χ1v) is 14.6. The van der Waals surface area contributed by atoms with Gasteiger partial charge in [-0.3, -0.25) is 9.78 Å². The number of carbonyl (C=O) groups excluding carboxylic acids is 1. The van der Waals surface area contributed by atoms with Crippen LogP contribution in [0.5, 0.6) is 0 Å². The largest absolute Gasteiger partial charge is 0.386 e. The van der Waals surface area contributed by atoms with Crippen molar-refractivity contribution >= 4 is 15.6 Å². The molecule has 12 heteroatoms. The van der Waals surface area contributed by atoms with Crippen LogP contribution in [0.3, 0.4) is 0 Å². The van der Waals surface area contributed by atoms with E-state index in [9.17, 15) is 31.5 Å². The van der Waals surface area contributed by atoms with E-state index in [1.54, 1.807) is 19.2 Å². The van der Waals surface area contributed by atoms with Crippen molar-refractivity contribution in [1.29, 1.82) is 0 Å². The number of halogens is 3. The van der Waals surface area contributed by atoms with Crippen LogP contribution >= 0.6 is 0 Å². The van der Waals surface area contributed by atoms with Crippen LogP contribution in [0, 0.1) is 23.4 Å². The Morgan fingerprint density at radius 1 is 1.15 bits per heavy atom. The van der Waals surface area contributed by atoms with Crippen LogP contribution in [0.2, 0.25) is 0 Å². The second-order valence-electron chi connectivity index (χ2n) is 10.7. The van der Waals surface area contributed by atoms with E-state index in [1.165, 1.54) is 6.20 Å². The van der Waals surface area contributed by atoms with E-state index in [4.69, 9.17) is 10.5 Å². The molecule has 0 unspecified atom stereocenters. The zero-order valence-electron chi connectivity index (χ0n) is 21.8. The molecule has 8 nitrogen and oxygen atoms in total. The molecule has 212 valence electrons. The van der Waals surface area contributed by atoms with Gasteiger partial charge in [0, 0.05) is 31.1 Å². The Hall–Kier alpha value is -3.19. The Morgan fingerprint density at radius 3 is 2.45 bits per heavy atom. The van der Waals surface area contributed by atoms with E-state index in [0.717, 1.165) is 31.2 Å². The molecule has 0 bridgehead atoms. The number of carbonyl (C=O) groups is 1. The van der Waals surface area contributed by atoms with Crippen molar-refractivity contribution in [2.45, 2.75) is 61.4 Å². The van der Waals surface area contributed by atoms with Crippen LogP contribution in [-0.2, 0) is 21.0 Å². The molecule has 2 aromatic heterocycles. The maximum Gasteiger partial charge on any atom is 0.185 e. The first-order chi connectivity index (χ1) is 18.8. The quantitative estimate of drug-likeness (QED) is 0.408. The van der Waals surface area contributed by atoms with Gasteiger partial charge in [0.2, 0.25) is 0 Å². The van der Waals surface area contributed by atoms with Gasteiger partial charge in [-0.2, -0.15) is 0 Å². The molecule has 0 spiro atoms. The zero-order chi connectivity index (χ0) is 29.0. The number of benzene rings is 1. The summed E-state index contributed by atoms with van der Waals surface area (Å²) in [5.74, 6) is -4.14. The molecule has 0 amide bonds. The molecule has 3 heterocycles. The number of ketones is 1. The van der Waals surface area contributed by atoms with Crippen LogP contribution in [0.4, 0.5) is 13.2 Å². The molecular formula is C28H28F3N3O5S. The molecule has 5 rings (SSSR count). The van der Waals surface area contributed by atoms with Crippen molar-refractivity contribution < 1.29 is 36.2 Å². The summed E-state index contributed by atoms with van der Waals surface area (Å²) in [6.45, 7) is 1.67. The van der Waals surface area contributed by atoms with E-state index in [2.05, 4.69) is 9.97 Å². The van der Waals surface area contributed by atoms with Gasteiger partial charge >= 0.3 is 0 Å². The number of aromatic nitrogens is 2. The number of aliphatic hydroxyl groups is 1. The molecule has 1 saturated heterocycles. The van der Waals surface area contributed by atoms with Gasteiger partial charge in [-0.25, -0.2) is 26.6 Å². The maximum absolute atomic E-state index is 14.8. The summed E-state index contributed by atoms with van der Waals surface area (Å²) in [4.78, 5) is 20.7. The van der Waals surface area contributed by atoms with Crippen molar-refractivity contribution in [3.05, 3.63) is 77.0 Å². The van der Waals surface area contributed by atoms with Crippen LogP contribution in [-0.4, -0.2) is 53.3 Å². The average Bonchev–Trinajstić information content (AvgIpc) is 3.71. The zero-order valence-corrected chi connectivity index (χ0v) is 22.6. The molecule has 1 saturated carbocycles. The number of hydrogen-bond acceptors (Lipinski definition) is 8. The van der Waals surface area contributed by atoms with Gasteiger partial charge in [0.05, 0.1) is 22.7 Å². The minimum atomic E-state index is -3.93. The highest BCUT2D eigenvalue weighted by Gasteiger charge is 2.52. The van der Waals surface area contributed by atoms with Gasteiger partial charge in [0.1, 0.15) is 34.4 Å². The monoisotopic (exact) mass is 575 g/mol. The fraction of sp³-hybridized carbons (Fsp3) is 0.393. The lowest BCUT2D eigenvalue weighted by molar-refractivity contribution is -0.187. The lowest BCUT2D eigenvalue weighted by atomic mass is 9.80. The van der Waals surface area contributed by atoms with Crippen molar-refractivity contribution in [1.82, 2.24) is 9.97 Å². The molecule has 2 aliphatic rings. The van der Waals surface area contributed by atoms with Crippen molar-refractivity contribution in [2.75, 3.05) is 6.26 Å². The second kappa shape index (κ2) is 10.3. The van der Waals surface area contributed by atoms with Crippen LogP contribution in [0.25, 0.3) is 11.3 Å². The summed E-state index contributed by atoms with van der Waals surface area (Å²) in [7, 11) is -3.93. The first-order valence-electron chi connectivity index (χ1n) is 12.7. The first kappa shape index (κ1) is 28.3. The number of ether oxygens (including phenoxy) is 1. The lowest BCUT2D eigenvalue weighted by Crippen LogP contribution is -2.60. The minimum absolute atomic E-state index is 0.199. The molecule has 0 radical (unpaired) electrons. The van der Waals surface area contributed by atoms with E-state index >= 15 is 0 Å². The second-order valence-corrected chi connectivity index (χ2v) is 12.7. The fourth-order valence-corrected chi connectivity index (χ4v) is 5.80. The Morgan fingerprint density at radius 2 is 1.82 bits per heavy atom. The van der Waals surface area contributed by atoms with Crippen LogP contribution in [0.1, 0.15) is 53.9 Å². The Balaban J connectivity index is 1.44. The van der Waals surface area contributed by atoms with E-state index in [-0.39, 0.29) is 18.0 Å². The summed E-state index contributed by atoms with van der Waals surface area (Å²) in [6.07, 6.45) is 4.81. The van der Waals surface area contributed by atoms with Crippen LogP contribution < -0.4 is 5.73 Å². The third-order valence-corrected chi connectivity index (χ3v) is 8.70. The van der Waals surface area contributed by atoms with Crippen molar-refractivity contribution in [3.63, 3.8) is 0 Å². The van der Waals surface area contributed by atoms with E-state index in [0.29, 0.717) is 29.7 Å². The molecule has 1 aliphatic heterocycles. The summed E-state index contributed by atoms with van der Waals surface area (Å²) < 4.78 is 74.0. The number of Topliss-reactive ketones (excluding diaryl/α,β-unsaturated/α-hetero) is 1. The molecule has 1 aromatic carbocycles. The molecule has 3 N–H and O–H groups in total. The standard InChI is InChI=1S/C28H28F3N3O5S/c1-28(36)24(32)12-23(39-27(28)14-3-4-14)17-7-8-33-13-15(17)9-22(35)21-6-5-18(29)26(34-21)25-19(30)10-16(11-20(25)31)40(2,37)38/h5-8,10-11,13-14,23-24,27,36H,3-4,9,12,32H2,1-2H3/t23-,24-,27-,28+/m1/s1. The molecule has 40 heavy (non-hydrogen) atoms.